The summed E-state index contributed by atoms with van der Waals surface area (Å²) in [5.74, 6) is 3.41. The molecule has 160 valence electrons. The van der Waals surface area contributed by atoms with Crippen LogP contribution >= 0.6 is 0 Å². The quantitative estimate of drug-likeness (QED) is 0.625. The molecule has 0 bridgehead atoms. The lowest BCUT2D eigenvalue weighted by Gasteiger charge is -2.63. The first-order chi connectivity index (χ1) is 13.2. The number of aliphatic hydroxyl groups is 1. The van der Waals surface area contributed by atoms with Gasteiger partial charge < -0.3 is 9.84 Å². The molecule has 0 aliphatic heterocycles. The van der Waals surface area contributed by atoms with Gasteiger partial charge in [0.05, 0.1) is 5.60 Å². The van der Waals surface area contributed by atoms with E-state index in [-0.39, 0.29) is 17.5 Å². The highest BCUT2D eigenvalue weighted by Crippen LogP contribution is 2.69. The van der Waals surface area contributed by atoms with Gasteiger partial charge in [-0.1, -0.05) is 34.1 Å². The molecule has 0 amide bonds. The number of hydrogen-bond donors (Lipinski definition) is 1. The van der Waals surface area contributed by atoms with Crippen molar-refractivity contribution in [1.29, 1.82) is 0 Å². The molecule has 0 heterocycles. The van der Waals surface area contributed by atoms with Crippen molar-refractivity contribution in [1.82, 2.24) is 0 Å². The van der Waals surface area contributed by atoms with Crippen molar-refractivity contribution in [3.63, 3.8) is 0 Å². The topological polar surface area (TPSA) is 46.5 Å². The Morgan fingerprint density at radius 3 is 2.46 bits per heavy atom. The molecule has 0 aromatic heterocycles. The number of carbonyl (C=O) groups excluding carboxylic acids is 1. The number of hydrogen-bond acceptors (Lipinski definition) is 3. The van der Waals surface area contributed by atoms with E-state index >= 15 is 0 Å². The highest BCUT2D eigenvalue weighted by molar-refractivity contribution is 5.66. The molecule has 1 N–H and O–H groups in total. The van der Waals surface area contributed by atoms with Crippen molar-refractivity contribution >= 4 is 5.97 Å². The summed E-state index contributed by atoms with van der Waals surface area (Å²) < 4.78 is 5.66. The van der Waals surface area contributed by atoms with Gasteiger partial charge >= 0.3 is 5.97 Å². The van der Waals surface area contributed by atoms with E-state index in [9.17, 15) is 9.90 Å². The first-order valence-corrected chi connectivity index (χ1v) is 12.1. The lowest BCUT2D eigenvalue weighted by Crippen LogP contribution is -2.59. The second-order valence-electron chi connectivity index (χ2n) is 11.4. The standard InChI is InChI=1S/C25H42O3/c1-6-11-25(27)13-10-21-20-8-7-18-15-19(28-17(3)26)14-16(2)24(18,5)22(20)9-12-23(21,25)4/h16,18-22,27H,6-15H2,1-5H3/t16?,18?,19?,20-,21-,22+,23-,24-,25?/m0/s1. The van der Waals surface area contributed by atoms with Gasteiger partial charge in [0.25, 0.3) is 0 Å². The molecule has 4 aliphatic rings. The molecule has 4 unspecified atom stereocenters. The van der Waals surface area contributed by atoms with E-state index in [0.29, 0.717) is 23.2 Å². The van der Waals surface area contributed by atoms with Gasteiger partial charge in [0.1, 0.15) is 6.10 Å². The van der Waals surface area contributed by atoms with Gasteiger partial charge in [-0.25, -0.2) is 0 Å². The zero-order valence-electron chi connectivity index (χ0n) is 18.8. The van der Waals surface area contributed by atoms with E-state index < -0.39 is 5.60 Å². The van der Waals surface area contributed by atoms with Crippen molar-refractivity contribution in [2.24, 2.45) is 40.4 Å². The molecule has 3 nitrogen and oxygen atoms in total. The Balaban J connectivity index is 1.58. The Bertz CT molecular complexity index is 617. The van der Waals surface area contributed by atoms with Gasteiger partial charge in [0, 0.05) is 6.92 Å². The second-order valence-corrected chi connectivity index (χ2v) is 11.4. The summed E-state index contributed by atoms with van der Waals surface area (Å²) >= 11 is 0. The number of ether oxygens (including phenoxy) is 1. The van der Waals surface area contributed by atoms with Crippen LogP contribution in [-0.4, -0.2) is 22.8 Å². The molecular weight excluding hydrogens is 348 g/mol. The third-order valence-electron chi connectivity index (χ3n) is 10.5. The van der Waals surface area contributed by atoms with E-state index in [1.807, 2.05) is 0 Å². The largest absolute Gasteiger partial charge is 0.463 e. The molecule has 0 spiro atoms. The van der Waals surface area contributed by atoms with E-state index in [1.54, 1.807) is 6.92 Å². The minimum atomic E-state index is -0.437. The third kappa shape index (κ3) is 2.81. The van der Waals surface area contributed by atoms with Crippen LogP contribution < -0.4 is 0 Å². The molecule has 4 aliphatic carbocycles. The average molecular weight is 391 g/mol. The summed E-state index contributed by atoms with van der Waals surface area (Å²) in [4.78, 5) is 11.5. The van der Waals surface area contributed by atoms with Crippen LogP contribution in [0.25, 0.3) is 0 Å². The Kier molecular flexibility index (Phi) is 5.17. The summed E-state index contributed by atoms with van der Waals surface area (Å²) in [7, 11) is 0. The van der Waals surface area contributed by atoms with Crippen LogP contribution in [0.4, 0.5) is 0 Å². The number of rotatable bonds is 3. The predicted molar refractivity (Wildman–Crippen MR) is 112 cm³/mol. The molecule has 0 saturated heterocycles. The highest BCUT2D eigenvalue weighted by atomic mass is 16.5. The van der Waals surface area contributed by atoms with Crippen LogP contribution in [-0.2, 0) is 9.53 Å². The molecule has 0 radical (unpaired) electrons. The minimum Gasteiger partial charge on any atom is -0.463 e. The molecule has 28 heavy (non-hydrogen) atoms. The van der Waals surface area contributed by atoms with E-state index in [2.05, 4.69) is 27.7 Å². The summed E-state index contributed by atoms with van der Waals surface area (Å²) in [5.41, 5.74) is 0.0473. The molecule has 3 heteroatoms. The summed E-state index contributed by atoms with van der Waals surface area (Å²) in [6.45, 7) is 11.2. The maximum absolute atomic E-state index is 11.6. The minimum absolute atomic E-state index is 0.117. The van der Waals surface area contributed by atoms with E-state index in [0.717, 1.165) is 43.9 Å². The first kappa shape index (κ1) is 20.7. The fourth-order valence-corrected chi connectivity index (χ4v) is 8.94. The Morgan fingerprint density at radius 1 is 1.07 bits per heavy atom. The number of carbonyl (C=O) groups is 1. The van der Waals surface area contributed by atoms with Crippen LogP contribution in [0.5, 0.6) is 0 Å². The normalized spacial score (nSPS) is 53.1. The smallest absolute Gasteiger partial charge is 0.302 e. The van der Waals surface area contributed by atoms with Gasteiger partial charge in [0.15, 0.2) is 0 Å². The fraction of sp³-hybridized carbons (Fsp3) is 0.960. The van der Waals surface area contributed by atoms with Crippen LogP contribution in [0.1, 0.15) is 98.8 Å². The number of fused-ring (bicyclic) bond motifs is 5. The van der Waals surface area contributed by atoms with Crippen molar-refractivity contribution in [3.05, 3.63) is 0 Å². The van der Waals surface area contributed by atoms with Crippen LogP contribution in [0.15, 0.2) is 0 Å². The highest BCUT2D eigenvalue weighted by Gasteiger charge is 2.65. The van der Waals surface area contributed by atoms with Crippen molar-refractivity contribution < 1.29 is 14.6 Å². The van der Waals surface area contributed by atoms with Gasteiger partial charge in [0.2, 0.25) is 0 Å². The van der Waals surface area contributed by atoms with E-state index in [4.69, 9.17) is 4.74 Å². The SMILES string of the molecule is CCCC1(O)CC[C@H]2[C@@H]3CCC4CC(OC(C)=O)CC(C)[C@]4(C)[C@@H]3CC[C@@]21C. The zero-order chi connectivity index (χ0) is 20.3. The van der Waals surface area contributed by atoms with Crippen molar-refractivity contribution in [3.8, 4) is 0 Å². The summed E-state index contributed by atoms with van der Waals surface area (Å²) in [5, 5.41) is 11.6. The van der Waals surface area contributed by atoms with Crippen LogP contribution in [0.3, 0.4) is 0 Å². The van der Waals surface area contributed by atoms with Gasteiger partial charge in [-0.3, -0.25) is 4.79 Å². The molecule has 4 saturated carbocycles. The van der Waals surface area contributed by atoms with Crippen LogP contribution in [0.2, 0.25) is 0 Å². The molecule has 0 aromatic carbocycles. The third-order valence-corrected chi connectivity index (χ3v) is 10.5. The molecule has 0 aromatic rings. The lowest BCUT2D eigenvalue weighted by atomic mass is 9.42. The first-order valence-electron chi connectivity index (χ1n) is 12.1. The Labute approximate surface area is 172 Å². The van der Waals surface area contributed by atoms with Crippen LogP contribution in [0, 0.1) is 40.4 Å². The van der Waals surface area contributed by atoms with Crippen molar-refractivity contribution in [2.45, 2.75) is 111 Å². The predicted octanol–water partition coefficient (Wildman–Crippen LogP) is 5.74. The number of esters is 1. The maximum atomic E-state index is 11.6. The zero-order valence-corrected chi connectivity index (χ0v) is 18.8. The molecule has 4 rings (SSSR count). The van der Waals surface area contributed by atoms with Gasteiger partial charge in [-0.15, -0.1) is 0 Å². The average Bonchev–Trinajstić information content (AvgIpc) is 2.87. The lowest BCUT2D eigenvalue weighted by molar-refractivity contribution is -0.183. The van der Waals surface area contributed by atoms with Crippen molar-refractivity contribution in [2.75, 3.05) is 0 Å². The fourth-order valence-electron chi connectivity index (χ4n) is 8.94. The van der Waals surface area contributed by atoms with Gasteiger partial charge in [-0.05, 0) is 98.2 Å². The Hall–Kier alpha value is -0.570. The molecular formula is C25H42O3. The second kappa shape index (κ2) is 7.00. The van der Waals surface area contributed by atoms with E-state index in [1.165, 1.54) is 32.1 Å². The molecule has 4 fully saturated rings. The van der Waals surface area contributed by atoms with Gasteiger partial charge in [-0.2, -0.15) is 0 Å². The monoisotopic (exact) mass is 390 g/mol. The molecule has 9 atom stereocenters. The summed E-state index contributed by atoms with van der Waals surface area (Å²) in [6.07, 6.45) is 11.6. The maximum Gasteiger partial charge on any atom is 0.302 e. The summed E-state index contributed by atoms with van der Waals surface area (Å²) in [6, 6.07) is 0. The Morgan fingerprint density at radius 2 is 1.79 bits per heavy atom.